The Bertz CT molecular complexity index is 724. The van der Waals surface area contributed by atoms with E-state index in [1.54, 1.807) is 32.1 Å². The Morgan fingerprint density at radius 2 is 1.53 bits per heavy atom. The summed E-state index contributed by atoms with van der Waals surface area (Å²) in [4.78, 5) is 0. The standard InChI is InChI=1S/C30H50/c1-21(2)10-8-11-22(3)23-14-17-28(7)25-13-12-24-26(4,5)15-9-16-29(24)20-30(25,29)19-18-27(23,28)6/h10,22-25H,8-9,11-20H2,1-7H3/t22-,23-,24+,25+,27-,28+,29-,30-/m1/s1. The first kappa shape index (κ1) is 21.6. The third-order valence-corrected chi connectivity index (χ3v) is 12.8. The van der Waals surface area contributed by atoms with Crippen molar-refractivity contribution in [1.82, 2.24) is 0 Å². The molecule has 0 N–H and O–H groups in total. The number of fused-ring (bicyclic) bond motifs is 2. The van der Waals surface area contributed by atoms with E-state index in [2.05, 4.69) is 54.5 Å². The van der Waals surface area contributed by atoms with Gasteiger partial charge in [0, 0.05) is 0 Å². The van der Waals surface area contributed by atoms with Crippen molar-refractivity contribution < 1.29 is 0 Å². The number of hydrogen-bond acceptors (Lipinski definition) is 0. The summed E-state index contributed by atoms with van der Waals surface area (Å²) in [5.74, 6) is 3.91. The van der Waals surface area contributed by atoms with Gasteiger partial charge in [-0.2, -0.15) is 0 Å². The monoisotopic (exact) mass is 410 g/mol. The SMILES string of the molecule is CC(C)=CCC[C@@H](C)[C@H]1CC[C@@]2(C)[C@@H]3CC[C@H]4C(C)(C)CCC[C@@]45C[C@]35CC[C@]12C. The van der Waals surface area contributed by atoms with Crippen molar-refractivity contribution in [2.45, 2.75) is 126 Å². The fourth-order valence-electron chi connectivity index (χ4n) is 11.2. The molecule has 5 saturated carbocycles. The van der Waals surface area contributed by atoms with Crippen LogP contribution in [0.2, 0.25) is 0 Å². The van der Waals surface area contributed by atoms with Gasteiger partial charge in [-0.3, -0.25) is 0 Å². The van der Waals surface area contributed by atoms with E-state index in [0.717, 1.165) is 34.5 Å². The molecule has 0 heterocycles. The molecular weight excluding hydrogens is 360 g/mol. The molecule has 0 aromatic heterocycles. The average Bonchev–Trinajstić information content (AvgIpc) is 3.23. The molecule has 5 fully saturated rings. The zero-order chi connectivity index (χ0) is 21.6. The lowest BCUT2D eigenvalue weighted by Crippen LogP contribution is -2.56. The highest BCUT2D eigenvalue weighted by atomic mass is 14.9. The summed E-state index contributed by atoms with van der Waals surface area (Å²) in [6.07, 6.45) is 20.6. The second kappa shape index (κ2) is 6.63. The maximum absolute atomic E-state index is 2.79. The van der Waals surface area contributed by atoms with E-state index in [1.165, 1.54) is 50.5 Å². The highest BCUT2D eigenvalue weighted by molar-refractivity contribution is 5.30. The zero-order valence-electron chi connectivity index (χ0n) is 21.4. The fraction of sp³-hybridized carbons (Fsp3) is 0.933. The van der Waals surface area contributed by atoms with Crippen molar-refractivity contribution in [2.75, 3.05) is 0 Å². The largest absolute Gasteiger partial charge is 0.0859 e. The summed E-state index contributed by atoms with van der Waals surface area (Å²) in [7, 11) is 0. The molecule has 0 amide bonds. The second-order valence-corrected chi connectivity index (χ2v) is 14.3. The van der Waals surface area contributed by atoms with Crippen molar-refractivity contribution in [3.05, 3.63) is 11.6 Å². The van der Waals surface area contributed by atoms with Gasteiger partial charge in [0.05, 0.1) is 0 Å². The molecule has 0 unspecified atom stereocenters. The van der Waals surface area contributed by atoms with E-state index < -0.39 is 0 Å². The van der Waals surface area contributed by atoms with Crippen molar-refractivity contribution in [1.29, 1.82) is 0 Å². The minimum atomic E-state index is 0.591. The Kier molecular flexibility index (Phi) is 4.77. The van der Waals surface area contributed by atoms with Crippen LogP contribution >= 0.6 is 0 Å². The van der Waals surface area contributed by atoms with Crippen LogP contribution in [0.25, 0.3) is 0 Å². The molecule has 0 aromatic carbocycles. The van der Waals surface area contributed by atoms with Gasteiger partial charge in [-0.05, 0) is 135 Å². The van der Waals surface area contributed by atoms with Crippen LogP contribution in [0, 0.1) is 50.7 Å². The normalized spacial score (nSPS) is 51.8. The highest BCUT2D eigenvalue weighted by Gasteiger charge is 2.81. The maximum atomic E-state index is 2.79. The first-order chi connectivity index (χ1) is 14.0. The van der Waals surface area contributed by atoms with Crippen molar-refractivity contribution in [3.8, 4) is 0 Å². The minimum absolute atomic E-state index is 0.591. The van der Waals surface area contributed by atoms with E-state index in [-0.39, 0.29) is 0 Å². The molecule has 30 heavy (non-hydrogen) atoms. The molecule has 170 valence electrons. The highest BCUT2D eigenvalue weighted by Crippen LogP contribution is 2.89. The molecule has 5 rings (SSSR count). The van der Waals surface area contributed by atoms with Crippen molar-refractivity contribution in [2.24, 2.45) is 50.7 Å². The summed E-state index contributed by atoms with van der Waals surface area (Å²) in [6.45, 7) is 17.9. The number of allylic oxidation sites excluding steroid dienone is 2. The van der Waals surface area contributed by atoms with E-state index in [4.69, 9.17) is 0 Å². The second-order valence-electron chi connectivity index (χ2n) is 14.3. The molecule has 0 radical (unpaired) electrons. The van der Waals surface area contributed by atoms with Gasteiger partial charge in [0.15, 0.2) is 0 Å². The third-order valence-electron chi connectivity index (χ3n) is 12.8. The summed E-state index contributed by atoms with van der Waals surface area (Å²) in [5.41, 5.74) is 4.81. The molecule has 0 bridgehead atoms. The summed E-state index contributed by atoms with van der Waals surface area (Å²) < 4.78 is 0. The minimum Gasteiger partial charge on any atom is -0.0859 e. The molecule has 0 heteroatoms. The first-order valence-electron chi connectivity index (χ1n) is 13.7. The molecule has 0 aromatic rings. The maximum Gasteiger partial charge on any atom is -0.0198 e. The third kappa shape index (κ3) is 2.58. The van der Waals surface area contributed by atoms with Crippen molar-refractivity contribution >= 4 is 0 Å². The van der Waals surface area contributed by atoms with Crippen LogP contribution in [0.3, 0.4) is 0 Å². The topological polar surface area (TPSA) is 0 Å². The average molecular weight is 411 g/mol. The Morgan fingerprint density at radius 3 is 2.27 bits per heavy atom. The van der Waals surface area contributed by atoms with Gasteiger partial charge in [-0.15, -0.1) is 0 Å². The summed E-state index contributed by atoms with van der Waals surface area (Å²) in [6, 6.07) is 0. The Morgan fingerprint density at radius 1 is 0.833 bits per heavy atom. The predicted molar refractivity (Wildman–Crippen MR) is 129 cm³/mol. The van der Waals surface area contributed by atoms with Crippen LogP contribution in [-0.2, 0) is 0 Å². The van der Waals surface area contributed by atoms with Gasteiger partial charge < -0.3 is 0 Å². The molecule has 2 spiro atoms. The van der Waals surface area contributed by atoms with Gasteiger partial charge in [0.2, 0.25) is 0 Å². The quantitative estimate of drug-likeness (QED) is 0.405. The lowest BCUT2D eigenvalue weighted by atomic mass is 9.42. The molecule has 5 aliphatic rings. The first-order valence-corrected chi connectivity index (χ1v) is 13.7. The lowest BCUT2D eigenvalue weighted by molar-refractivity contribution is -0.142. The van der Waals surface area contributed by atoms with Crippen LogP contribution < -0.4 is 0 Å². The van der Waals surface area contributed by atoms with Gasteiger partial charge in [0.25, 0.3) is 0 Å². The van der Waals surface area contributed by atoms with Gasteiger partial charge in [-0.25, -0.2) is 0 Å². The number of rotatable bonds is 4. The molecule has 5 aliphatic carbocycles. The molecule has 0 nitrogen and oxygen atoms in total. The van der Waals surface area contributed by atoms with Crippen molar-refractivity contribution in [3.63, 3.8) is 0 Å². The lowest BCUT2D eigenvalue weighted by Gasteiger charge is -2.63. The van der Waals surface area contributed by atoms with Crippen LogP contribution in [0.4, 0.5) is 0 Å². The summed E-state index contributed by atoms with van der Waals surface area (Å²) >= 11 is 0. The molecule has 0 aliphatic heterocycles. The van der Waals surface area contributed by atoms with E-state index in [0.29, 0.717) is 16.2 Å². The van der Waals surface area contributed by atoms with Crippen LogP contribution in [0.15, 0.2) is 11.6 Å². The molecule has 8 atom stereocenters. The van der Waals surface area contributed by atoms with E-state index in [9.17, 15) is 0 Å². The van der Waals surface area contributed by atoms with Crippen LogP contribution in [-0.4, -0.2) is 0 Å². The van der Waals surface area contributed by atoms with Gasteiger partial charge in [-0.1, -0.05) is 52.7 Å². The molecule has 0 saturated heterocycles. The van der Waals surface area contributed by atoms with Crippen LogP contribution in [0.5, 0.6) is 0 Å². The predicted octanol–water partition coefficient (Wildman–Crippen LogP) is 9.20. The van der Waals surface area contributed by atoms with Gasteiger partial charge in [0.1, 0.15) is 0 Å². The Balaban J connectivity index is 1.40. The summed E-state index contributed by atoms with van der Waals surface area (Å²) in [5, 5.41) is 0. The van der Waals surface area contributed by atoms with Gasteiger partial charge >= 0.3 is 0 Å². The van der Waals surface area contributed by atoms with E-state index in [1.807, 2.05) is 0 Å². The zero-order valence-corrected chi connectivity index (χ0v) is 21.4. The van der Waals surface area contributed by atoms with E-state index >= 15 is 0 Å². The Hall–Kier alpha value is -0.260. The smallest absolute Gasteiger partial charge is 0.0198 e. The van der Waals surface area contributed by atoms with Crippen LogP contribution in [0.1, 0.15) is 126 Å². The Labute approximate surface area is 188 Å². The molecular formula is C30H50. The number of hydrogen-bond donors (Lipinski definition) is 0. The fourth-order valence-corrected chi connectivity index (χ4v) is 11.2.